The van der Waals surface area contributed by atoms with Gasteiger partial charge in [-0.05, 0) is 83.5 Å². The Kier molecular flexibility index (Phi) is 11.2. The fraction of sp³-hybridized carbons (Fsp3) is 0.321. The molecule has 0 spiro atoms. The summed E-state index contributed by atoms with van der Waals surface area (Å²) >= 11 is 7.19. The number of carbonyl (C=O) groups is 3. The Hall–Kier alpha value is -3.09. The Bertz CT molecular complexity index is 1470. The smallest absolute Gasteiger partial charge is 0.308 e. The summed E-state index contributed by atoms with van der Waals surface area (Å²) < 4.78 is 34.8. The first kappa shape index (κ1) is 33.1. The van der Waals surface area contributed by atoms with E-state index < -0.39 is 33.6 Å². The van der Waals surface area contributed by atoms with Crippen molar-refractivity contribution < 1.29 is 32.1 Å². The molecule has 0 fully saturated rings. The number of anilines is 1. The van der Waals surface area contributed by atoms with Crippen molar-refractivity contribution in [2.45, 2.75) is 64.5 Å². The molecule has 1 heterocycles. The first-order valence-corrected chi connectivity index (χ1v) is 14.7. The van der Waals surface area contributed by atoms with Crippen LogP contribution >= 0.6 is 22.9 Å². The average Bonchev–Trinajstić information content (AvgIpc) is 3.10. The Morgan fingerprint density at radius 1 is 1.02 bits per heavy atom. The molecule has 4 N–H and O–H groups in total. The fourth-order valence-electron chi connectivity index (χ4n) is 3.30. The van der Waals surface area contributed by atoms with Crippen molar-refractivity contribution in [1.82, 2.24) is 0 Å². The van der Waals surface area contributed by atoms with Crippen LogP contribution in [0, 0.1) is 20.8 Å². The number of amides is 1. The van der Waals surface area contributed by atoms with Crippen LogP contribution in [0.4, 0.5) is 5.00 Å². The molecule has 0 bridgehead atoms. The molecule has 0 saturated heterocycles. The summed E-state index contributed by atoms with van der Waals surface area (Å²) in [7, 11) is -4.02. The SMILES string of the molecule is Cc1ccc(S(=O)(=O)O)cc1.Cc1sc(NC(=O)C(N)CC(=O)OC(C)(C)C)c(C(=O)c2ccc(Cl)cc2)c1C. The molecule has 3 aromatic rings. The van der Waals surface area contributed by atoms with Crippen LogP contribution in [0.5, 0.6) is 0 Å². The number of halogens is 1. The van der Waals surface area contributed by atoms with Crippen LogP contribution in [0.1, 0.15) is 59.1 Å². The van der Waals surface area contributed by atoms with Gasteiger partial charge in [0, 0.05) is 15.5 Å². The number of thiophene rings is 1. The molecule has 0 aliphatic heterocycles. The number of nitrogens with one attached hydrogen (secondary N) is 1. The van der Waals surface area contributed by atoms with E-state index in [4.69, 9.17) is 26.6 Å². The summed E-state index contributed by atoms with van der Waals surface area (Å²) in [6.07, 6.45) is -0.257. The number of aryl methyl sites for hydroxylation is 2. The van der Waals surface area contributed by atoms with Crippen molar-refractivity contribution in [2.24, 2.45) is 5.73 Å². The minimum atomic E-state index is -4.02. The van der Waals surface area contributed by atoms with Gasteiger partial charge in [-0.25, -0.2) is 0 Å². The van der Waals surface area contributed by atoms with Crippen molar-refractivity contribution in [3.8, 4) is 0 Å². The lowest BCUT2D eigenvalue weighted by Crippen LogP contribution is -2.39. The van der Waals surface area contributed by atoms with Crippen LogP contribution in [-0.2, 0) is 24.4 Å². The second kappa shape index (κ2) is 13.5. The number of benzene rings is 2. The van der Waals surface area contributed by atoms with Gasteiger partial charge in [-0.3, -0.25) is 18.9 Å². The summed E-state index contributed by atoms with van der Waals surface area (Å²) in [5.41, 5.74) is 7.83. The first-order chi connectivity index (χ1) is 18.4. The number of carbonyl (C=O) groups excluding carboxylic acids is 3. The van der Waals surface area contributed by atoms with E-state index in [2.05, 4.69) is 5.32 Å². The minimum Gasteiger partial charge on any atom is -0.460 e. The molecule has 12 heteroatoms. The summed E-state index contributed by atoms with van der Waals surface area (Å²) in [4.78, 5) is 38.3. The third-order valence-electron chi connectivity index (χ3n) is 5.42. The predicted molar refractivity (Wildman–Crippen MR) is 157 cm³/mol. The zero-order chi connectivity index (χ0) is 30.4. The number of ketones is 1. The molecule has 0 aliphatic rings. The molecule has 1 unspecified atom stereocenters. The summed E-state index contributed by atoms with van der Waals surface area (Å²) in [6, 6.07) is 11.4. The van der Waals surface area contributed by atoms with E-state index >= 15 is 0 Å². The molecule has 1 atom stereocenters. The van der Waals surface area contributed by atoms with Crippen molar-refractivity contribution in [3.05, 3.63) is 80.7 Å². The third-order valence-corrected chi connectivity index (χ3v) is 7.66. The Balaban J connectivity index is 0.000000425. The van der Waals surface area contributed by atoms with Gasteiger partial charge in [0.2, 0.25) is 5.91 Å². The maximum atomic E-state index is 13.0. The third kappa shape index (κ3) is 9.83. The second-order valence-electron chi connectivity index (χ2n) is 10.00. The van der Waals surface area contributed by atoms with Crippen LogP contribution < -0.4 is 11.1 Å². The van der Waals surface area contributed by atoms with Gasteiger partial charge in [0.1, 0.15) is 10.6 Å². The zero-order valence-electron chi connectivity index (χ0n) is 23.1. The van der Waals surface area contributed by atoms with Gasteiger partial charge in [0.15, 0.2) is 5.78 Å². The number of ether oxygens (including phenoxy) is 1. The number of esters is 1. The van der Waals surface area contributed by atoms with Crippen LogP contribution in [0.15, 0.2) is 53.4 Å². The largest absolute Gasteiger partial charge is 0.460 e. The van der Waals surface area contributed by atoms with Gasteiger partial charge in [-0.1, -0.05) is 29.3 Å². The highest BCUT2D eigenvalue weighted by atomic mass is 35.5. The molecule has 40 heavy (non-hydrogen) atoms. The summed E-state index contributed by atoms with van der Waals surface area (Å²) in [6.45, 7) is 10.8. The van der Waals surface area contributed by atoms with Crippen molar-refractivity contribution in [2.75, 3.05) is 5.32 Å². The Morgan fingerprint density at radius 3 is 2.08 bits per heavy atom. The van der Waals surface area contributed by atoms with Gasteiger partial charge in [0.25, 0.3) is 10.1 Å². The maximum Gasteiger partial charge on any atom is 0.308 e. The highest BCUT2D eigenvalue weighted by Crippen LogP contribution is 2.34. The highest BCUT2D eigenvalue weighted by Gasteiger charge is 2.26. The molecular weight excluding hydrogens is 576 g/mol. The van der Waals surface area contributed by atoms with Crippen molar-refractivity contribution >= 4 is 55.7 Å². The molecule has 216 valence electrons. The second-order valence-corrected chi connectivity index (χ2v) is 13.1. The molecule has 0 saturated carbocycles. The number of hydrogen-bond acceptors (Lipinski definition) is 8. The van der Waals surface area contributed by atoms with E-state index in [9.17, 15) is 22.8 Å². The Morgan fingerprint density at radius 2 is 1.57 bits per heavy atom. The maximum absolute atomic E-state index is 13.0. The monoisotopic (exact) mass is 608 g/mol. The Labute approximate surface area is 243 Å². The molecule has 3 rings (SSSR count). The lowest BCUT2D eigenvalue weighted by Gasteiger charge is -2.20. The quantitative estimate of drug-likeness (QED) is 0.181. The lowest BCUT2D eigenvalue weighted by atomic mass is 10.0. The van der Waals surface area contributed by atoms with Gasteiger partial charge in [-0.2, -0.15) is 8.42 Å². The summed E-state index contributed by atoms with van der Waals surface area (Å²) in [5.74, 6) is -1.34. The summed E-state index contributed by atoms with van der Waals surface area (Å²) in [5, 5.41) is 3.64. The molecule has 1 amide bonds. The van der Waals surface area contributed by atoms with Gasteiger partial charge >= 0.3 is 5.97 Å². The van der Waals surface area contributed by atoms with Gasteiger partial charge < -0.3 is 15.8 Å². The predicted octanol–water partition coefficient (Wildman–Crippen LogP) is 5.49. The normalized spacial score (nSPS) is 12.1. The van der Waals surface area contributed by atoms with E-state index in [0.29, 0.717) is 21.2 Å². The van der Waals surface area contributed by atoms with Crippen molar-refractivity contribution in [3.63, 3.8) is 0 Å². The molecule has 1 aromatic heterocycles. The molecule has 0 aliphatic carbocycles. The standard InChI is InChI=1S/C21H25ClN2O4S.C7H8O3S/c1-11-12(2)29-20(17(11)18(26)13-6-8-14(22)9-7-13)24-19(27)15(23)10-16(25)28-21(3,4)5;1-6-2-4-7(5-3-6)11(8,9)10/h6-9,15H,10,23H2,1-5H3,(H,24,27);2-5H,1H3,(H,8,9,10). The van der Waals surface area contributed by atoms with E-state index in [-0.39, 0.29) is 17.1 Å². The van der Waals surface area contributed by atoms with Crippen LogP contribution in [0.25, 0.3) is 0 Å². The lowest BCUT2D eigenvalue weighted by molar-refractivity contribution is -0.155. The van der Waals surface area contributed by atoms with Crippen LogP contribution in [0.3, 0.4) is 0 Å². The van der Waals surface area contributed by atoms with Gasteiger partial charge in [0.05, 0.1) is 22.9 Å². The fourth-order valence-corrected chi connectivity index (χ4v) is 4.97. The van der Waals surface area contributed by atoms with E-state index in [0.717, 1.165) is 16.0 Å². The van der Waals surface area contributed by atoms with E-state index in [1.165, 1.54) is 23.5 Å². The van der Waals surface area contributed by atoms with Crippen molar-refractivity contribution in [1.29, 1.82) is 0 Å². The highest BCUT2D eigenvalue weighted by molar-refractivity contribution is 7.85. The zero-order valence-corrected chi connectivity index (χ0v) is 25.5. The number of rotatable bonds is 7. The van der Waals surface area contributed by atoms with E-state index in [1.807, 2.05) is 20.8 Å². The molecule has 9 nitrogen and oxygen atoms in total. The molecule has 2 aromatic carbocycles. The molecule has 0 radical (unpaired) electrons. The first-order valence-electron chi connectivity index (χ1n) is 12.1. The number of nitrogens with two attached hydrogens (primary N) is 1. The molecular formula is C28H33ClN2O7S2. The van der Waals surface area contributed by atoms with Gasteiger partial charge in [-0.15, -0.1) is 11.3 Å². The minimum absolute atomic E-state index is 0.0666. The van der Waals surface area contributed by atoms with E-state index in [1.54, 1.807) is 57.2 Å². The topological polar surface area (TPSA) is 153 Å². The van der Waals surface area contributed by atoms with Crippen LogP contribution in [-0.4, -0.2) is 42.3 Å². The average molecular weight is 609 g/mol. The van der Waals surface area contributed by atoms with Crippen LogP contribution in [0.2, 0.25) is 5.02 Å². The number of hydrogen-bond donors (Lipinski definition) is 3.